The number of nitrogens with zero attached hydrogens (tertiary/aromatic N) is 1. The molecular formula is C12H20N4O. The van der Waals surface area contributed by atoms with Crippen molar-refractivity contribution < 1.29 is 4.79 Å². The van der Waals surface area contributed by atoms with E-state index < -0.39 is 0 Å². The molecule has 94 valence electrons. The van der Waals surface area contributed by atoms with Crippen molar-refractivity contribution in [1.82, 2.24) is 20.6 Å². The third-order valence-electron chi connectivity index (χ3n) is 3.07. The minimum Gasteiger partial charge on any atom is -0.355 e. The van der Waals surface area contributed by atoms with Crippen LogP contribution in [0.1, 0.15) is 31.5 Å². The SMILES string of the molecule is O=C(NCCCc1ncc[nH]1)[C@H]1CCCCN1. The zero-order valence-corrected chi connectivity index (χ0v) is 10.0. The summed E-state index contributed by atoms with van der Waals surface area (Å²) in [5.41, 5.74) is 0. The first-order valence-corrected chi connectivity index (χ1v) is 6.35. The Bertz CT molecular complexity index is 330. The Morgan fingerprint density at radius 3 is 3.18 bits per heavy atom. The number of rotatable bonds is 5. The monoisotopic (exact) mass is 236 g/mol. The summed E-state index contributed by atoms with van der Waals surface area (Å²) in [5.74, 6) is 1.12. The van der Waals surface area contributed by atoms with E-state index in [1.165, 1.54) is 6.42 Å². The molecule has 1 fully saturated rings. The van der Waals surface area contributed by atoms with Gasteiger partial charge in [-0.25, -0.2) is 4.98 Å². The van der Waals surface area contributed by atoms with Crippen LogP contribution < -0.4 is 10.6 Å². The highest BCUT2D eigenvalue weighted by Crippen LogP contribution is 2.06. The number of imidazole rings is 1. The second kappa shape index (κ2) is 6.39. The maximum atomic E-state index is 11.8. The van der Waals surface area contributed by atoms with Crippen LogP contribution in [0.2, 0.25) is 0 Å². The van der Waals surface area contributed by atoms with Gasteiger partial charge < -0.3 is 15.6 Å². The first-order chi connectivity index (χ1) is 8.36. The van der Waals surface area contributed by atoms with Gasteiger partial charge in [0.15, 0.2) is 0 Å². The molecule has 0 unspecified atom stereocenters. The topological polar surface area (TPSA) is 69.8 Å². The molecule has 0 spiro atoms. The molecule has 5 nitrogen and oxygen atoms in total. The van der Waals surface area contributed by atoms with Crippen molar-refractivity contribution in [2.75, 3.05) is 13.1 Å². The highest BCUT2D eigenvalue weighted by Gasteiger charge is 2.19. The molecule has 1 saturated heterocycles. The molecule has 1 atom stereocenters. The summed E-state index contributed by atoms with van der Waals surface area (Å²) in [6.45, 7) is 1.68. The zero-order chi connectivity index (χ0) is 11.9. The van der Waals surface area contributed by atoms with E-state index in [0.717, 1.165) is 44.6 Å². The third-order valence-corrected chi connectivity index (χ3v) is 3.07. The highest BCUT2D eigenvalue weighted by atomic mass is 16.2. The lowest BCUT2D eigenvalue weighted by molar-refractivity contribution is -0.123. The van der Waals surface area contributed by atoms with E-state index in [0.29, 0.717) is 0 Å². The molecule has 1 aliphatic rings. The van der Waals surface area contributed by atoms with Gasteiger partial charge in [0.25, 0.3) is 0 Å². The van der Waals surface area contributed by atoms with Crippen molar-refractivity contribution in [3.8, 4) is 0 Å². The first kappa shape index (κ1) is 12.1. The molecule has 1 aliphatic heterocycles. The molecule has 1 aromatic rings. The van der Waals surface area contributed by atoms with Crippen molar-refractivity contribution >= 4 is 5.91 Å². The lowest BCUT2D eigenvalue weighted by Crippen LogP contribution is -2.46. The number of H-pyrrole nitrogens is 1. The van der Waals surface area contributed by atoms with Gasteiger partial charge in [0.1, 0.15) is 5.82 Å². The zero-order valence-electron chi connectivity index (χ0n) is 10.0. The number of nitrogens with one attached hydrogen (secondary N) is 3. The van der Waals surface area contributed by atoms with E-state index in [-0.39, 0.29) is 11.9 Å². The van der Waals surface area contributed by atoms with E-state index in [9.17, 15) is 4.79 Å². The van der Waals surface area contributed by atoms with Crippen molar-refractivity contribution in [2.24, 2.45) is 0 Å². The van der Waals surface area contributed by atoms with Crippen LogP contribution in [-0.4, -0.2) is 35.0 Å². The van der Waals surface area contributed by atoms with Crippen LogP contribution in [0.25, 0.3) is 0 Å². The molecule has 2 rings (SSSR count). The van der Waals surface area contributed by atoms with Gasteiger partial charge in [0.05, 0.1) is 6.04 Å². The number of carbonyl (C=O) groups excluding carboxylic acids is 1. The number of hydrogen-bond donors (Lipinski definition) is 3. The molecule has 3 N–H and O–H groups in total. The molecule has 17 heavy (non-hydrogen) atoms. The van der Waals surface area contributed by atoms with Gasteiger partial charge in [-0.05, 0) is 25.8 Å². The normalized spacial score (nSPS) is 20.1. The molecule has 1 aromatic heterocycles. The number of aryl methyl sites for hydroxylation is 1. The van der Waals surface area contributed by atoms with Gasteiger partial charge >= 0.3 is 0 Å². The second-order valence-electron chi connectivity index (χ2n) is 4.43. The molecule has 0 aromatic carbocycles. The van der Waals surface area contributed by atoms with Crippen LogP contribution in [0.3, 0.4) is 0 Å². The van der Waals surface area contributed by atoms with Crippen molar-refractivity contribution in [3.63, 3.8) is 0 Å². The molecule has 5 heteroatoms. The largest absolute Gasteiger partial charge is 0.355 e. The molecule has 1 amide bonds. The Kier molecular flexibility index (Phi) is 4.55. The third kappa shape index (κ3) is 3.85. The van der Waals surface area contributed by atoms with E-state index in [1.807, 2.05) is 6.20 Å². The van der Waals surface area contributed by atoms with Crippen LogP contribution in [0.4, 0.5) is 0 Å². The number of hydrogen-bond acceptors (Lipinski definition) is 3. The number of aromatic nitrogens is 2. The van der Waals surface area contributed by atoms with Gasteiger partial charge in [-0.1, -0.05) is 6.42 Å². The fourth-order valence-electron chi connectivity index (χ4n) is 2.10. The number of aromatic amines is 1. The van der Waals surface area contributed by atoms with Crippen LogP contribution in [-0.2, 0) is 11.2 Å². The number of amides is 1. The smallest absolute Gasteiger partial charge is 0.237 e. The predicted octanol–water partition coefficient (Wildman–Crippen LogP) is 0.601. The van der Waals surface area contributed by atoms with E-state index in [1.54, 1.807) is 6.20 Å². The average molecular weight is 236 g/mol. The molecule has 0 bridgehead atoms. The Labute approximate surface area is 101 Å². The number of carbonyl (C=O) groups is 1. The van der Waals surface area contributed by atoms with Crippen molar-refractivity contribution in [1.29, 1.82) is 0 Å². The number of piperidine rings is 1. The lowest BCUT2D eigenvalue weighted by atomic mass is 10.0. The summed E-state index contributed by atoms with van der Waals surface area (Å²) >= 11 is 0. The Balaban J connectivity index is 1.59. The maximum Gasteiger partial charge on any atom is 0.237 e. The van der Waals surface area contributed by atoms with Gasteiger partial charge in [0.2, 0.25) is 5.91 Å². The van der Waals surface area contributed by atoms with E-state index >= 15 is 0 Å². The predicted molar refractivity (Wildman–Crippen MR) is 65.6 cm³/mol. The van der Waals surface area contributed by atoms with Crippen molar-refractivity contribution in [2.45, 2.75) is 38.1 Å². The van der Waals surface area contributed by atoms with Gasteiger partial charge in [-0.2, -0.15) is 0 Å². The minimum atomic E-state index is 0.0207. The van der Waals surface area contributed by atoms with Crippen LogP contribution in [0.5, 0.6) is 0 Å². The fraction of sp³-hybridized carbons (Fsp3) is 0.667. The van der Waals surface area contributed by atoms with E-state index in [4.69, 9.17) is 0 Å². The summed E-state index contributed by atoms with van der Waals surface area (Å²) in [7, 11) is 0. The Hall–Kier alpha value is -1.36. The van der Waals surface area contributed by atoms with Gasteiger partial charge in [0, 0.05) is 25.4 Å². The maximum absolute atomic E-state index is 11.8. The molecule has 0 saturated carbocycles. The summed E-state index contributed by atoms with van der Waals surface area (Å²) in [6, 6.07) is 0.0207. The lowest BCUT2D eigenvalue weighted by Gasteiger charge is -2.22. The summed E-state index contributed by atoms with van der Waals surface area (Å²) in [6.07, 6.45) is 8.67. The second-order valence-corrected chi connectivity index (χ2v) is 4.43. The summed E-state index contributed by atoms with van der Waals surface area (Å²) in [4.78, 5) is 19.0. The molecule has 0 aliphatic carbocycles. The Morgan fingerprint density at radius 2 is 2.47 bits per heavy atom. The standard InChI is InChI=1S/C12H20N4O/c17-12(10-4-1-2-6-13-10)16-7-3-5-11-14-8-9-15-11/h8-10,13H,1-7H2,(H,14,15)(H,16,17)/t10-/m1/s1. The van der Waals surface area contributed by atoms with Gasteiger partial charge in [-0.3, -0.25) is 4.79 Å². The van der Waals surface area contributed by atoms with Crippen LogP contribution in [0.15, 0.2) is 12.4 Å². The Morgan fingerprint density at radius 1 is 1.53 bits per heavy atom. The van der Waals surface area contributed by atoms with Crippen LogP contribution >= 0.6 is 0 Å². The first-order valence-electron chi connectivity index (χ1n) is 6.35. The quantitative estimate of drug-likeness (QED) is 0.656. The van der Waals surface area contributed by atoms with Gasteiger partial charge in [-0.15, -0.1) is 0 Å². The summed E-state index contributed by atoms with van der Waals surface area (Å²) < 4.78 is 0. The average Bonchev–Trinajstić information content (AvgIpc) is 2.88. The molecular weight excluding hydrogens is 216 g/mol. The molecule has 0 radical (unpaired) electrons. The van der Waals surface area contributed by atoms with Crippen molar-refractivity contribution in [3.05, 3.63) is 18.2 Å². The van der Waals surface area contributed by atoms with Crippen LogP contribution in [0, 0.1) is 0 Å². The highest BCUT2D eigenvalue weighted by molar-refractivity contribution is 5.81. The fourth-order valence-corrected chi connectivity index (χ4v) is 2.10. The summed E-state index contributed by atoms with van der Waals surface area (Å²) in [5, 5.41) is 6.21. The van der Waals surface area contributed by atoms with E-state index in [2.05, 4.69) is 20.6 Å². The molecule has 2 heterocycles. The minimum absolute atomic E-state index is 0.0207.